The Balaban J connectivity index is 1.58. The molecule has 0 aliphatic carbocycles. The van der Waals surface area contributed by atoms with Gasteiger partial charge in [0.15, 0.2) is 5.37 Å². The molecule has 2 unspecified atom stereocenters. The molecule has 2 aromatic carbocycles. The van der Waals surface area contributed by atoms with E-state index >= 15 is 0 Å². The van der Waals surface area contributed by atoms with Crippen LogP contribution in [0.25, 0.3) is 11.8 Å². The molecule has 1 aliphatic rings. The van der Waals surface area contributed by atoms with Gasteiger partial charge in [0.25, 0.3) is 0 Å². The number of hydrogen-bond acceptors (Lipinski definition) is 9. The number of aromatic nitrogens is 2. The van der Waals surface area contributed by atoms with Crippen molar-refractivity contribution in [3.63, 3.8) is 0 Å². The maximum atomic E-state index is 13.0. The maximum Gasteiger partial charge on any atom is 0.163 e. The lowest BCUT2D eigenvalue weighted by atomic mass is 10.2. The molecular formula is C22H21N3O7S3-2. The fourth-order valence-electron chi connectivity index (χ4n) is 3.89. The van der Waals surface area contributed by atoms with Crippen LogP contribution in [0.4, 0.5) is 5.69 Å². The summed E-state index contributed by atoms with van der Waals surface area (Å²) in [5.41, 5.74) is 2.13. The molecule has 1 N–H and O–H groups in total. The Morgan fingerprint density at radius 3 is 2.43 bits per heavy atom. The zero-order valence-electron chi connectivity index (χ0n) is 18.4. The van der Waals surface area contributed by atoms with E-state index in [1.807, 2.05) is 30.3 Å². The van der Waals surface area contributed by atoms with Gasteiger partial charge in [0.1, 0.15) is 15.8 Å². The molecule has 10 nitrogen and oxygen atoms in total. The Kier molecular flexibility index (Phi) is 7.09. The van der Waals surface area contributed by atoms with E-state index in [0.29, 0.717) is 23.5 Å². The van der Waals surface area contributed by atoms with Crippen LogP contribution < -0.4 is 10.0 Å². The minimum atomic E-state index is -4.60. The third kappa shape index (κ3) is 5.77. The van der Waals surface area contributed by atoms with E-state index in [-0.39, 0.29) is 11.8 Å². The van der Waals surface area contributed by atoms with E-state index in [1.165, 1.54) is 12.1 Å². The van der Waals surface area contributed by atoms with Crippen LogP contribution in [0.3, 0.4) is 0 Å². The second kappa shape index (κ2) is 9.76. The maximum absolute atomic E-state index is 13.0. The number of hydrogen-bond donors (Lipinski definition) is 1. The summed E-state index contributed by atoms with van der Waals surface area (Å²) in [6.07, 6.45) is 3.74. The third-order valence-electron chi connectivity index (χ3n) is 5.54. The number of para-hydroxylation sites is 1. The third-order valence-corrected chi connectivity index (χ3v) is 8.48. The first-order valence-electron chi connectivity index (χ1n) is 10.5. The Bertz CT molecular complexity index is 1480. The first kappa shape index (κ1) is 25.4. The van der Waals surface area contributed by atoms with Crippen molar-refractivity contribution in [2.75, 3.05) is 12.3 Å². The van der Waals surface area contributed by atoms with Crippen molar-refractivity contribution in [2.45, 2.75) is 28.5 Å². The van der Waals surface area contributed by atoms with Gasteiger partial charge in [0.05, 0.1) is 37.8 Å². The lowest BCUT2D eigenvalue weighted by Gasteiger charge is -2.19. The number of benzene rings is 2. The fraction of sp³-hybridized carbons (Fsp3) is 0.227. The quantitative estimate of drug-likeness (QED) is 0.411. The van der Waals surface area contributed by atoms with Crippen molar-refractivity contribution in [1.29, 1.82) is 0 Å². The van der Waals surface area contributed by atoms with Crippen molar-refractivity contribution < 1.29 is 35.9 Å². The fourth-order valence-corrected chi connectivity index (χ4v) is 6.16. The van der Waals surface area contributed by atoms with Gasteiger partial charge in [0, 0.05) is 23.8 Å². The zero-order valence-corrected chi connectivity index (χ0v) is 20.9. The normalized spacial score (nSPS) is 18.3. The molecule has 0 saturated carbocycles. The van der Waals surface area contributed by atoms with E-state index in [0.717, 1.165) is 32.3 Å². The molecule has 0 radical (unpaired) electrons. The summed E-state index contributed by atoms with van der Waals surface area (Å²) >= 11 is 1.57. The highest BCUT2D eigenvalue weighted by molar-refractivity contribution is 8.00. The van der Waals surface area contributed by atoms with Gasteiger partial charge >= 0.3 is 0 Å². The van der Waals surface area contributed by atoms with Gasteiger partial charge in [0.2, 0.25) is 0 Å². The van der Waals surface area contributed by atoms with Crippen molar-refractivity contribution in [2.24, 2.45) is 0 Å². The SMILES string of the molecule is Cc1nn(-c2ccc(S(=O)(=O)[O-])cc2)c([O-])c1C=CC1Sc2ccccc2[NH+]1CCCS(=O)(=O)[O-]. The molecule has 3 aromatic rings. The summed E-state index contributed by atoms with van der Waals surface area (Å²) in [6.45, 7) is 2.10. The predicted molar refractivity (Wildman–Crippen MR) is 126 cm³/mol. The first-order valence-corrected chi connectivity index (χ1v) is 14.4. The van der Waals surface area contributed by atoms with Crippen LogP contribution in [0.1, 0.15) is 17.7 Å². The van der Waals surface area contributed by atoms with Gasteiger partial charge < -0.3 is 14.2 Å². The van der Waals surface area contributed by atoms with Gasteiger partial charge in [-0.15, -0.1) is 0 Å². The van der Waals surface area contributed by atoms with Crippen molar-refractivity contribution in [1.82, 2.24) is 9.78 Å². The number of quaternary nitrogens is 1. The van der Waals surface area contributed by atoms with Crippen LogP contribution in [0, 0.1) is 6.92 Å². The number of nitrogens with one attached hydrogen (secondary N) is 1. The molecule has 0 amide bonds. The molecule has 13 heteroatoms. The molecule has 1 aromatic heterocycles. The molecule has 0 fully saturated rings. The molecule has 0 bridgehead atoms. The van der Waals surface area contributed by atoms with Crippen LogP contribution in [-0.4, -0.2) is 53.4 Å². The van der Waals surface area contributed by atoms with Crippen LogP contribution in [0.15, 0.2) is 64.4 Å². The first-order chi connectivity index (χ1) is 16.4. The van der Waals surface area contributed by atoms with Crippen LogP contribution in [0.5, 0.6) is 5.88 Å². The van der Waals surface area contributed by atoms with Crippen molar-refractivity contribution in [3.8, 4) is 11.6 Å². The highest BCUT2D eigenvalue weighted by atomic mass is 32.2. The average Bonchev–Trinajstić information content (AvgIpc) is 3.27. The van der Waals surface area contributed by atoms with Crippen LogP contribution in [0.2, 0.25) is 0 Å². The van der Waals surface area contributed by atoms with Gasteiger partial charge in [-0.2, -0.15) is 5.10 Å². The topological polar surface area (TPSA) is 160 Å². The summed E-state index contributed by atoms with van der Waals surface area (Å²) in [5, 5.41) is 17.1. The molecule has 186 valence electrons. The van der Waals surface area contributed by atoms with E-state index in [1.54, 1.807) is 24.8 Å². The number of fused-ring (bicyclic) bond motifs is 1. The second-order valence-corrected chi connectivity index (χ2v) is 12.0. The predicted octanol–water partition coefficient (Wildman–Crippen LogP) is 0.755. The molecule has 0 spiro atoms. The lowest BCUT2D eigenvalue weighted by Crippen LogP contribution is -3.09. The van der Waals surface area contributed by atoms with Crippen molar-refractivity contribution >= 4 is 43.8 Å². The monoisotopic (exact) mass is 535 g/mol. The minimum absolute atomic E-state index is 0.148. The molecule has 2 heterocycles. The lowest BCUT2D eigenvalue weighted by molar-refractivity contribution is -0.835. The standard InChI is InChI=1S/C22H23N3O7S3/c1-15-18(22(26)25(23-15)16-7-9-17(10-8-16)35(30,31)32)11-12-21-24(13-4-14-34(27,28)29)19-5-2-3-6-20(19)33-21/h2-3,5-12,21,26H,4,13-14H2,1H3,(H,27,28,29)(H,30,31,32)/p-2. The molecule has 1 aliphatic heterocycles. The highest BCUT2D eigenvalue weighted by Crippen LogP contribution is 2.34. The van der Waals surface area contributed by atoms with E-state index in [9.17, 15) is 31.0 Å². The zero-order chi connectivity index (χ0) is 25.4. The smallest absolute Gasteiger partial charge is 0.163 e. The highest BCUT2D eigenvalue weighted by Gasteiger charge is 2.33. The molecule has 2 atom stereocenters. The Morgan fingerprint density at radius 1 is 1.09 bits per heavy atom. The Morgan fingerprint density at radius 2 is 1.77 bits per heavy atom. The van der Waals surface area contributed by atoms with Gasteiger partial charge in [-0.3, -0.25) is 4.90 Å². The van der Waals surface area contributed by atoms with E-state index in [2.05, 4.69) is 5.10 Å². The summed E-state index contributed by atoms with van der Waals surface area (Å²) in [5.74, 6) is -0.848. The average molecular weight is 536 g/mol. The second-order valence-electron chi connectivity index (χ2n) is 7.95. The minimum Gasteiger partial charge on any atom is -0.858 e. The number of thioether (sulfide) groups is 1. The molecule has 4 rings (SSSR count). The summed E-state index contributed by atoms with van der Waals surface area (Å²) in [7, 11) is -8.90. The molecule has 0 saturated heterocycles. The van der Waals surface area contributed by atoms with Gasteiger partial charge in [-0.25, -0.2) is 21.5 Å². The van der Waals surface area contributed by atoms with E-state index in [4.69, 9.17) is 0 Å². The van der Waals surface area contributed by atoms with Gasteiger partial charge in [-0.05, 0) is 55.3 Å². The van der Waals surface area contributed by atoms with E-state index < -0.39 is 36.8 Å². The number of nitrogens with zero attached hydrogens (tertiary/aromatic N) is 2. The van der Waals surface area contributed by atoms with Crippen LogP contribution in [-0.2, 0) is 20.2 Å². The Labute approximate surface area is 207 Å². The van der Waals surface area contributed by atoms with Gasteiger partial charge in [-0.1, -0.05) is 23.9 Å². The number of rotatable bonds is 8. The number of aryl methyl sites for hydroxylation is 1. The molecule has 35 heavy (non-hydrogen) atoms. The largest absolute Gasteiger partial charge is 0.858 e. The summed E-state index contributed by atoms with van der Waals surface area (Å²) in [6, 6.07) is 12.6. The summed E-state index contributed by atoms with van der Waals surface area (Å²) < 4.78 is 67.7. The van der Waals surface area contributed by atoms with Crippen LogP contribution >= 0.6 is 11.8 Å². The molecular weight excluding hydrogens is 514 g/mol. The summed E-state index contributed by atoms with van der Waals surface area (Å²) in [4.78, 5) is 1.62. The van der Waals surface area contributed by atoms with Crippen molar-refractivity contribution in [3.05, 3.63) is 65.9 Å². The Hall–Kier alpha value is -2.68.